The number of pyridine rings is 1. The minimum Gasteiger partial charge on any atom is -0.497 e. The summed E-state index contributed by atoms with van der Waals surface area (Å²) in [6.07, 6.45) is 2.14. The average molecular weight is 290 g/mol. The van der Waals surface area contributed by atoms with E-state index in [0.29, 0.717) is 5.75 Å². The lowest BCUT2D eigenvalue weighted by Gasteiger charge is -2.10. The first kappa shape index (κ1) is 14.4. The Morgan fingerprint density at radius 3 is 2.67 bits per heavy atom. The van der Waals surface area contributed by atoms with Gasteiger partial charge in [0.25, 0.3) is 5.91 Å². The number of hydrogen-bond donors (Lipinski definition) is 2. The van der Waals surface area contributed by atoms with E-state index in [0.717, 1.165) is 12.3 Å². The predicted molar refractivity (Wildman–Crippen MR) is 72.1 cm³/mol. The number of aromatic nitrogens is 1. The van der Waals surface area contributed by atoms with Gasteiger partial charge in [-0.2, -0.15) is 0 Å². The van der Waals surface area contributed by atoms with Crippen molar-refractivity contribution in [1.29, 1.82) is 0 Å². The third kappa shape index (κ3) is 3.33. The van der Waals surface area contributed by atoms with Crippen molar-refractivity contribution in [2.24, 2.45) is 0 Å². The van der Waals surface area contributed by atoms with Crippen LogP contribution in [0.3, 0.4) is 0 Å². The number of hydrogen-bond acceptors (Lipinski definition) is 4. The van der Waals surface area contributed by atoms with Crippen LogP contribution >= 0.6 is 0 Å². The number of halogens is 1. The number of amides is 1. The van der Waals surface area contributed by atoms with E-state index in [2.05, 4.69) is 10.3 Å². The number of carboxylic acid groups (broad SMARTS) is 1. The lowest BCUT2D eigenvalue weighted by Crippen LogP contribution is -2.15. The van der Waals surface area contributed by atoms with Crippen LogP contribution in [-0.2, 0) is 0 Å². The van der Waals surface area contributed by atoms with Gasteiger partial charge in [0.1, 0.15) is 11.6 Å². The number of carbonyl (C=O) groups excluding carboxylic acids is 1. The molecule has 0 spiro atoms. The van der Waals surface area contributed by atoms with Crippen LogP contribution in [0.25, 0.3) is 0 Å². The summed E-state index contributed by atoms with van der Waals surface area (Å²) in [6.45, 7) is 0. The summed E-state index contributed by atoms with van der Waals surface area (Å²) >= 11 is 0. The molecule has 0 aliphatic heterocycles. The number of nitrogens with zero attached hydrogens (tertiary/aromatic N) is 1. The number of methoxy groups -OCH3 is 1. The highest BCUT2D eigenvalue weighted by Crippen LogP contribution is 2.23. The molecule has 6 nitrogen and oxygen atoms in total. The van der Waals surface area contributed by atoms with Crippen molar-refractivity contribution in [2.45, 2.75) is 0 Å². The summed E-state index contributed by atoms with van der Waals surface area (Å²) in [5.74, 6) is -2.15. The number of rotatable bonds is 4. The fourth-order valence-electron chi connectivity index (χ4n) is 1.67. The van der Waals surface area contributed by atoms with E-state index < -0.39 is 17.7 Å². The van der Waals surface area contributed by atoms with Gasteiger partial charge in [0.2, 0.25) is 0 Å². The lowest BCUT2D eigenvalue weighted by atomic mass is 10.1. The summed E-state index contributed by atoms with van der Waals surface area (Å²) in [7, 11) is 1.41. The lowest BCUT2D eigenvalue weighted by molar-refractivity contribution is 0.0698. The Kier molecular flexibility index (Phi) is 4.13. The predicted octanol–water partition coefficient (Wildman–Crippen LogP) is 2.18. The van der Waals surface area contributed by atoms with Gasteiger partial charge < -0.3 is 15.2 Å². The van der Waals surface area contributed by atoms with E-state index in [4.69, 9.17) is 9.84 Å². The second-order valence-corrected chi connectivity index (χ2v) is 4.06. The Balaban J connectivity index is 2.33. The minimum absolute atomic E-state index is 0.0193. The molecule has 1 amide bonds. The molecule has 0 bridgehead atoms. The van der Waals surface area contributed by atoms with Gasteiger partial charge in [0, 0.05) is 12.3 Å². The zero-order valence-electron chi connectivity index (χ0n) is 11.0. The third-order valence-electron chi connectivity index (χ3n) is 2.67. The molecule has 21 heavy (non-hydrogen) atoms. The Hall–Kier alpha value is -2.96. The van der Waals surface area contributed by atoms with Crippen LogP contribution in [0.4, 0.5) is 10.1 Å². The topological polar surface area (TPSA) is 88.5 Å². The molecular weight excluding hydrogens is 279 g/mol. The highest BCUT2D eigenvalue weighted by atomic mass is 19.1. The van der Waals surface area contributed by atoms with Gasteiger partial charge in [-0.1, -0.05) is 0 Å². The highest BCUT2D eigenvalue weighted by molar-refractivity contribution is 6.07. The molecule has 0 radical (unpaired) electrons. The Morgan fingerprint density at radius 1 is 1.29 bits per heavy atom. The van der Waals surface area contributed by atoms with E-state index in [-0.39, 0.29) is 16.8 Å². The summed E-state index contributed by atoms with van der Waals surface area (Å²) < 4.78 is 18.0. The van der Waals surface area contributed by atoms with Gasteiger partial charge in [-0.05, 0) is 18.2 Å². The average Bonchev–Trinajstić information content (AvgIpc) is 2.46. The maximum absolute atomic E-state index is 13.0. The molecule has 108 valence electrons. The molecule has 1 heterocycles. The van der Waals surface area contributed by atoms with Crippen molar-refractivity contribution in [3.63, 3.8) is 0 Å². The molecule has 7 heteroatoms. The zero-order valence-corrected chi connectivity index (χ0v) is 11.0. The van der Waals surface area contributed by atoms with Gasteiger partial charge in [0.05, 0.1) is 30.1 Å². The molecular formula is C14H11FN2O4. The first-order valence-corrected chi connectivity index (χ1v) is 5.84. The van der Waals surface area contributed by atoms with E-state index in [9.17, 15) is 14.0 Å². The fraction of sp³-hybridized carbons (Fsp3) is 0.0714. The van der Waals surface area contributed by atoms with Crippen molar-refractivity contribution in [3.8, 4) is 5.75 Å². The number of ether oxygens (including phenoxy) is 1. The molecule has 0 unspecified atom stereocenters. The first-order chi connectivity index (χ1) is 10.0. The summed E-state index contributed by atoms with van der Waals surface area (Å²) in [4.78, 5) is 26.7. The maximum Gasteiger partial charge on any atom is 0.337 e. The van der Waals surface area contributed by atoms with Crippen LogP contribution in [0.5, 0.6) is 5.75 Å². The summed E-state index contributed by atoms with van der Waals surface area (Å²) in [6, 6.07) is 5.14. The molecule has 0 aliphatic rings. The molecule has 2 aromatic rings. The van der Waals surface area contributed by atoms with Gasteiger partial charge in [-0.15, -0.1) is 0 Å². The van der Waals surface area contributed by atoms with Crippen LogP contribution in [0.2, 0.25) is 0 Å². The first-order valence-electron chi connectivity index (χ1n) is 5.84. The molecule has 1 aromatic heterocycles. The minimum atomic E-state index is -1.20. The van der Waals surface area contributed by atoms with Crippen molar-refractivity contribution in [3.05, 3.63) is 53.6 Å². The monoisotopic (exact) mass is 290 g/mol. The van der Waals surface area contributed by atoms with E-state index >= 15 is 0 Å². The molecule has 0 aliphatic carbocycles. The second-order valence-electron chi connectivity index (χ2n) is 4.06. The number of nitrogens with one attached hydrogen (secondary N) is 1. The molecule has 0 atom stereocenters. The van der Waals surface area contributed by atoms with Crippen molar-refractivity contribution >= 4 is 17.6 Å². The molecule has 1 aromatic carbocycles. The Morgan fingerprint density at radius 2 is 2.05 bits per heavy atom. The normalized spacial score (nSPS) is 10.0. The fourth-order valence-corrected chi connectivity index (χ4v) is 1.67. The van der Waals surface area contributed by atoms with Crippen molar-refractivity contribution < 1.29 is 23.8 Å². The second kappa shape index (κ2) is 6.00. The third-order valence-corrected chi connectivity index (χ3v) is 2.67. The largest absolute Gasteiger partial charge is 0.497 e. The van der Waals surface area contributed by atoms with Crippen LogP contribution < -0.4 is 10.1 Å². The van der Waals surface area contributed by atoms with E-state index in [1.165, 1.54) is 31.5 Å². The van der Waals surface area contributed by atoms with Gasteiger partial charge >= 0.3 is 5.97 Å². The SMILES string of the molecule is COc1ccc(C(=O)O)c(NC(=O)c2cncc(F)c2)c1. The summed E-state index contributed by atoms with van der Waals surface area (Å²) in [5, 5.41) is 11.5. The molecule has 0 saturated carbocycles. The van der Waals surface area contributed by atoms with Gasteiger partial charge in [-0.3, -0.25) is 9.78 Å². The Bertz CT molecular complexity index is 703. The number of anilines is 1. The molecule has 2 rings (SSSR count). The van der Waals surface area contributed by atoms with Crippen LogP contribution in [0.1, 0.15) is 20.7 Å². The van der Waals surface area contributed by atoms with Gasteiger partial charge in [0.15, 0.2) is 0 Å². The molecule has 0 saturated heterocycles. The highest BCUT2D eigenvalue weighted by Gasteiger charge is 2.15. The van der Waals surface area contributed by atoms with E-state index in [1.807, 2.05) is 0 Å². The quantitative estimate of drug-likeness (QED) is 0.901. The van der Waals surface area contributed by atoms with Crippen LogP contribution in [0, 0.1) is 5.82 Å². The number of benzene rings is 1. The molecule has 0 fully saturated rings. The zero-order chi connectivity index (χ0) is 15.4. The van der Waals surface area contributed by atoms with Crippen LogP contribution in [0.15, 0.2) is 36.7 Å². The number of aromatic carboxylic acids is 1. The van der Waals surface area contributed by atoms with E-state index in [1.54, 1.807) is 0 Å². The maximum atomic E-state index is 13.0. The van der Waals surface area contributed by atoms with Crippen LogP contribution in [-0.4, -0.2) is 29.1 Å². The number of carbonyl (C=O) groups is 2. The number of carboxylic acids is 1. The van der Waals surface area contributed by atoms with Crippen molar-refractivity contribution in [2.75, 3.05) is 12.4 Å². The molecule has 2 N–H and O–H groups in total. The summed E-state index contributed by atoms with van der Waals surface area (Å²) in [5.41, 5.74) is -0.0706. The Labute approximate surface area is 119 Å². The smallest absolute Gasteiger partial charge is 0.337 e. The standard InChI is InChI=1S/C14H11FN2O4/c1-21-10-2-3-11(14(19)20)12(5-10)17-13(18)8-4-9(15)7-16-6-8/h2-7H,1H3,(H,17,18)(H,19,20). The van der Waals surface area contributed by atoms with Crippen molar-refractivity contribution in [1.82, 2.24) is 4.98 Å². The van der Waals surface area contributed by atoms with Gasteiger partial charge in [-0.25, -0.2) is 9.18 Å².